The van der Waals surface area contributed by atoms with Crippen molar-refractivity contribution in [1.29, 1.82) is 0 Å². The Morgan fingerprint density at radius 3 is 2.91 bits per heavy atom. The van der Waals surface area contributed by atoms with Crippen LogP contribution in [0.25, 0.3) is 10.9 Å². The molecule has 22 heavy (non-hydrogen) atoms. The molecule has 0 bridgehead atoms. The topological polar surface area (TPSA) is 71.3 Å². The molecule has 2 heterocycles. The lowest BCUT2D eigenvalue weighted by Gasteiger charge is -2.16. The molecule has 0 aliphatic heterocycles. The Hall–Kier alpha value is -2.89. The van der Waals surface area contributed by atoms with Gasteiger partial charge < -0.3 is 14.7 Å². The van der Waals surface area contributed by atoms with Crippen molar-refractivity contribution in [3.63, 3.8) is 0 Å². The fourth-order valence-corrected chi connectivity index (χ4v) is 2.17. The second-order valence-electron chi connectivity index (χ2n) is 5.13. The molecule has 3 rings (SSSR count). The largest absolute Gasteiger partial charge is 0.361 e. The lowest BCUT2D eigenvalue weighted by molar-refractivity contribution is 0.219. The standard InChI is InChI=1S/C16H16N4O2/c1-11-7-14(19-22-11)10-20(2)16(21)18-13-8-12-5-3-4-6-15(12)17-9-13/h3-9H,10H2,1-2H3,(H,18,21). The van der Waals surface area contributed by atoms with Crippen molar-refractivity contribution < 1.29 is 9.32 Å². The molecule has 0 saturated heterocycles. The molecule has 2 aromatic heterocycles. The number of carbonyl (C=O) groups excluding carboxylic acids is 1. The van der Waals surface area contributed by atoms with Gasteiger partial charge in [-0.05, 0) is 19.1 Å². The molecule has 3 aromatic rings. The van der Waals surface area contributed by atoms with E-state index in [2.05, 4.69) is 15.5 Å². The number of nitrogens with zero attached hydrogens (tertiary/aromatic N) is 3. The first kappa shape index (κ1) is 14.1. The summed E-state index contributed by atoms with van der Waals surface area (Å²) < 4.78 is 4.99. The third-order valence-corrected chi connectivity index (χ3v) is 3.26. The minimum Gasteiger partial charge on any atom is -0.361 e. The highest BCUT2D eigenvalue weighted by Crippen LogP contribution is 2.16. The number of rotatable bonds is 3. The van der Waals surface area contributed by atoms with Gasteiger partial charge in [-0.25, -0.2) is 4.79 Å². The van der Waals surface area contributed by atoms with E-state index in [0.717, 1.165) is 16.7 Å². The van der Waals surface area contributed by atoms with Gasteiger partial charge in [-0.1, -0.05) is 23.4 Å². The van der Waals surface area contributed by atoms with Crippen molar-refractivity contribution in [2.75, 3.05) is 12.4 Å². The normalized spacial score (nSPS) is 10.6. The van der Waals surface area contributed by atoms with Crippen molar-refractivity contribution in [3.8, 4) is 0 Å². The molecule has 1 N–H and O–H groups in total. The van der Waals surface area contributed by atoms with Crippen LogP contribution in [0, 0.1) is 6.92 Å². The Morgan fingerprint density at radius 2 is 2.14 bits per heavy atom. The highest BCUT2D eigenvalue weighted by atomic mass is 16.5. The molecule has 0 aliphatic rings. The smallest absolute Gasteiger partial charge is 0.321 e. The number of hydrogen-bond donors (Lipinski definition) is 1. The lowest BCUT2D eigenvalue weighted by Crippen LogP contribution is -2.30. The second kappa shape index (κ2) is 5.85. The number of nitrogens with one attached hydrogen (secondary N) is 1. The van der Waals surface area contributed by atoms with E-state index in [1.54, 1.807) is 19.3 Å². The molecular formula is C16H16N4O2. The maximum absolute atomic E-state index is 12.2. The molecule has 6 heteroatoms. The van der Waals surface area contributed by atoms with E-state index in [1.807, 2.05) is 37.3 Å². The van der Waals surface area contributed by atoms with Crippen LogP contribution in [0.4, 0.5) is 10.5 Å². The number of carbonyl (C=O) groups is 1. The fourth-order valence-electron chi connectivity index (χ4n) is 2.17. The van der Waals surface area contributed by atoms with Gasteiger partial charge in [0.15, 0.2) is 0 Å². The van der Waals surface area contributed by atoms with Crippen LogP contribution >= 0.6 is 0 Å². The van der Waals surface area contributed by atoms with Crippen LogP contribution in [0.15, 0.2) is 47.1 Å². The highest BCUT2D eigenvalue weighted by molar-refractivity contribution is 5.91. The first-order chi connectivity index (χ1) is 10.6. The molecule has 0 fully saturated rings. The zero-order valence-corrected chi connectivity index (χ0v) is 12.4. The predicted octanol–water partition coefficient (Wildman–Crippen LogP) is 3.20. The van der Waals surface area contributed by atoms with Crippen molar-refractivity contribution in [1.82, 2.24) is 15.0 Å². The number of aryl methyl sites for hydroxylation is 1. The van der Waals surface area contributed by atoms with E-state index < -0.39 is 0 Å². The molecule has 6 nitrogen and oxygen atoms in total. The Kier molecular flexibility index (Phi) is 3.74. The highest BCUT2D eigenvalue weighted by Gasteiger charge is 2.12. The number of anilines is 1. The van der Waals surface area contributed by atoms with E-state index >= 15 is 0 Å². The van der Waals surface area contributed by atoms with Crippen molar-refractivity contribution >= 4 is 22.6 Å². The summed E-state index contributed by atoms with van der Waals surface area (Å²) in [6.45, 7) is 2.20. The number of hydrogen-bond acceptors (Lipinski definition) is 4. The van der Waals surface area contributed by atoms with Gasteiger partial charge in [0.25, 0.3) is 0 Å². The summed E-state index contributed by atoms with van der Waals surface area (Å²) in [5.74, 6) is 0.725. The first-order valence-electron chi connectivity index (χ1n) is 6.91. The van der Waals surface area contributed by atoms with Gasteiger partial charge in [0.05, 0.1) is 23.9 Å². The summed E-state index contributed by atoms with van der Waals surface area (Å²) in [4.78, 5) is 18.0. The van der Waals surface area contributed by atoms with Gasteiger partial charge in [-0.15, -0.1) is 0 Å². The predicted molar refractivity (Wildman–Crippen MR) is 83.5 cm³/mol. The first-order valence-corrected chi connectivity index (χ1v) is 6.91. The number of para-hydroxylation sites is 1. The van der Waals surface area contributed by atoms with Crippen LogP contribution in [0.3, 0.4) is 0 Å². The van der Waals surface area contributed by atoms with Crippen LogP contribution in [0.2, 0.25) is 0 Å². The van der Waals surface area contributed by atoms with Gasteiger partial charge in [0, 0.05) is 18.5 Å². The number of benzene rings is 1. The third-order valence-electron chi connectivity index (χ3n) is 3.26. The van der Waals surface area contributed by atoms with Crippen molar-refractivity contribution in [2.45, 2.75) is 13.5 Å². The summed E-state index contributed by atoms with van der Waals surface area (Å²) in [6, 6.07) is 11.2. The summed E-state index contributed by atoms with van der Waals surface area (Å²) in [7, 11) is 1.70. The average Bonchev–Trinajstić information content (AvgIpc) is 2.92. The van der Waals surface area contributed by atoms with Crippen LogP contribution < -0.4 is 5.32 Å². The molecule has 0 radical (unpaired) electrons. The number of aromatic nitrogens is 2. The Balaban J connectivity index is 1.69. The molecule has 112 valence electrons. The molecule has 0 spiro atoms. The molecule has 0 saturated carbocycles. The summed E-state index contributed by atoms with van der Waals surface area (Å²) in [5.41, 5.74) is 2.27. The summed E-state index contributed by atoms with van der Waals surface area (Å²) >= 11 is 0. The molecular weight excluding hydrogens is 280 g/mol. The number of pyridine rings is 1. The zero-order chi connectivity index (χ0) is 15.5. The van der Waals surface area contributed by atoms with Crippen LogP contribution in [-0.4, -0.2) is 28.1 Å². The zero-order valence-electron chi connectivity index (χ0n) is 12.4. The van der Waals surface area contributed by atoms with Crippen molar-refractivity contribution in [2.24, 2.45) is 0 Å². The van der Waals surface area contributed by atoms with Gasteiger partial charge in [0.2, 0.25) is 0 Å². The molecule has 0 atom stereocenters. The number of amides is 2. The average molecular weight is 296 g/mol. The summed E-state index contributed by atoms with van der Waals surface area (Å²) in [6.07, 6.45) is 1.65. The van der Waals surface area contributed by atoms with Gasteiger partial charge >= 0.3 is 6.03 Å². The van der Waals surface area contributed by atoms with Crippen LogP contribution in [-0.2, 0) is 6.54 Å². The van der Waals surface area contributed by atoms with Gasteiger partial charge in [-0.2, -0.15) is 0 Å². The quantitative estimate of drug-likeness (QED) is 0.805. The Labute approximate surface area is 127 Å². The minimum absolute atomic E-state index is 0.224. The van der Waals surface area contributed by atoms with Gasteiger partial charge in [-0.3, -0.25) is 4.98 Å². The monoisotopic (exact) mass is 296 g/mol. The lowest BCUT2D eigenvalue weighted by atomic mass is 10.2. The maximum Gasteiger partial charge on any atom is 0.321 e. The molecule has 0 unspecified atom stereocenters. The second-order valence-corrected chi connectivity index (χ2v) is 5.13. The molecule has 2 amide bonds. The maximum atomic E-state index is 12.2. The van der Waals surface area contributed by atoms with E-state index in [-0.39, 0.29) is 6.03 Å². The van der Waals surface area contributed by atoms with Crippen molar-refractivity contribution in [3.05, 3.63) is 54.0 Å². The Bertz CT molecular complexity index is 813. The van der Waals surface area contributed by atoms with E-state index in [4.69, 9.17) is 4.52 Å². The number of urea groups is 1. The summed E-state index contributed by atoms with van der Waals surface area (Å²) in [5, 5.41) is 7.69. The van der Waals surface area contributed by atoms with E-state index in [1.165, 1.54) is 4.90 Å². The minimum atomic E-state index is -0.224. The SMILES string of the molecule is Cc1cc(CN(C)C(=O)Nc2cnc3ccccc3c2)no1. The van der Waals surface area contributed by atoms with Crippen LogP contribution in [0.1, 0.15) is 11.5 Å². The fraction of sp³-hybridized carbons (Fsp3) is 0.188. The van der Waals surface area contributed by atoms with Gasteiger partial charge in [0.1, 0.15) is 11.5 Å². The van der Waals surface area contributed by atoms with E-state index in [9.17, 15) is 4.79 Å². The van der Waals surface area contributed by atoms with Crippen LogP contribution in [0.5, 0.6) is 0 Å². The molecule has 1 aromatic carbocycles. The number of fused-ring (bicyclic) bond motifs is 1. The van der Waals surface area contributed by atoms with E-state index in [0.29, 0.717) is 17.9 Å². The Morgan fingerprint density at radius 1 is 1.32 bits per heavy atom. The molecule has 0 aliphatic carbocycles. The third kappa shape index (κ3) is 3.06.